The van der Waals surface area contributed by atoms with Crippen LogP contribution in [0.25, 0.3) is 0 Å². The summed E-state index contributed by atoms with van der Waals surface area (Å²) in [7, 11) is 0. The summed E-state index contributed by atoms with van der Waals surface area (Å²) in [5.74, 6) is 5.62. The molecule has 2 heterocycles. The van der Waals surface area contributed by atoms with E-state index in [-0.39, 0.29) is 6.04 Å². The Morgan fingerprint density at radius 2 is 2.18 bits per heavy atom. The highest BCUT2D eigenvalue weighted by molar-refractivity contribution is 9.11. The average Bonchev–Trinajstić information content (AvgIpc) is 2.83. The Hall–Kier alpha value is -0.270. The van der Waals surface area contributed by atoms with Crippen LogP contribution in [0.15, 0.2) is 15.9 Å². The highest BCUT2D eigenvalue weighted by Crippen LogP contribution is 2.30. The fourth-order valence-corrected chi connectivity index (χ4v) is 4.02. The summed E-state index contributed by atoms with van der Waals surface area (Å²) >= 11 is 6.92. The molecule has 2 rings (SSSR count). The maximum Gasteiger partial charge on any atom is 0.0950 e. The Bertz CT molecular complexity index is 487. The second kappa shape index (κ2) is 5.58. The molecule has 0 fully saturated rings. The summed E-state index contributed by atoms with van der Waals surface area (Å²) in [6.45, 7) is 4.14. The number of rotatable bonds is 4. The van der Waals surface area contributed by atoms with E-state index in [0.29, 0.717) is 0 Å². The van der Waals surface area contributed by atoms with E-state index in [1.165, 1.54) is 9.75 Å². The van der Waals surface area contributed by atoms with Crippen LogP contribution in [0.1, 0.15) is 26.5 Å². The molecule has 0 aliphatic rings. The van der Waals surface area contributed by atoms with E-state index < -0.39 is 0 Å². The van der Waals surface area contributed by atoms with Gasteiger partial charge in [-0.25, -0.2) is 4.98 Å². The molecular formula is C11H14BrN3S2. The number of nitrogens with two attached hydrogens (primary N) is 1. The van der Waals surface area contributed by atoms with Gasteiger partial charge in [-0.3, -0.25) is 11.3 Å². The molecule has 0 amide bonds. The van der Waals surface area contributed by atoms with Crippen LogP contribution in [0.3, 0.4) is 0 Å². The van der Waals surface area contributed by atoms with Gasteiger partial charge >= 0.3 is 0 Å². The molecule has 0 radical (unpaired) electrons. The van der Waals surface area contributed by atoms with Crippen LogP contribution in [-0.2, 0) is 6.42 Å². The number of hydrogen-bond donors (Lipinski definition) is 2. The lowest BCUT2D eigenvalue weighted by Crippen LogP contribution is -2.28. The van der Waals surface area contributed by atoms with E-state index in [4.69, 9.17) is 5.84 Å². The van der Waals surface area contributed by atoms with Crippen LogP contribution in [0, 0.1) is 13.8 Å². The predicted octanol–water partition coefficient (Wildman–Crippen LogP) is 3.33. The lowest BCUT2D eigenvalue weighted by Gasteiger charge is -2.11. The molecule has 0 aromatic carbocycles. The molecule has 2 aromatic rings. The number of nitrogens with one attached hydrogen (secondary N) is 1. The molecule has 17 heavy (non-hydrogen) atoms. The van der Waals surface area contributed by atoms with E-state index in [1.54, 1.807) is 22.7 Å². The van der Waals surface area contributed by atoms with Crippen molar-refractivity contribution in [3.8, 4) is 0 Å². The number of hydrogen-bond acceptors (Lipinski definition) is 5. The number of halogens is 1. The third-order valence-electron chi connectivity index (χ3n) is 2.59. The minimum atomic E-state index is 0.135. The Morgan fingerprint density at radius 1 is 1.41 bits per heavy atom. The molecule has 1 atom stereocenters. The second-order valence-corrected chi connectivity index (χ2v) is 7.60. The highest BCUT2D eigenvalue weighted by Gasteiger charge is 2.15. The monoisotopic (exact) mass is 331 g/mol. The second-order valence-electron chi connectivity index (χ2n) is 3.81. The molecule has 3 N–H and O–H groups in total. The number of nitrogens with zero attached hydrogens (tertiary/aromatic N) is 1. The number of aryl methyl sites for hydroxylation is 2. The minimum Gasteiger partial charge on any atom is -0.271 e. The first-order valence-electron chi connectivity index (χ1n) is 5.24. The van der Waals surface area contributed by atoms with Gasteiger partial charge in [-0.05, 0) is 41.9 Å². The molecule has 0 bridgehead atoms. The maximum absolute atomic E-state index is 5.62. The van der Waals surface area contributed by atoms with Crippen LogP contribution in [-0.4, -0.2) is 4.98 Å². The zero-order valence-electron chi connectivity index (χ0n) is 9.66. The van der Waals surface area contributed by atoms with Crippen molar-refractivity contribution in [1.82, 2.24) is 10.4 Å². The molecule has 0 aliphatic heterocycles. The van der Waals surface area contributed by atoms with Crippen molar-refractivity contribution < 1.29 is 0 Å². The summed E-state index contributed by atoms with van der Waals surface area (Å²) in [5, 5.41) is 1.13. The fourth-order valence-electron chi connectivity index (χ4n) is 1.56. The number of thiazole rings is 1. The van der Waals surface area contributed by atoms with Crippen molar-refractivity contribution in [2.24, 2.45) is 5.84 Å². The zero-order valence-corrected chi connectivity index (χ0v) is 12.9. The third kappa shape index (κ3) is 3.14. The van der Waals surface area contributed by atoms with Gasteiger partial charge < -0.3 is 0 Å². The van der Waals surface area contributed by atoms with Gasteiger partial charge in [0.1, 0.15) is 0 Å². The van der Waals surface area contributed by atoms with Crippen molar-refractivity contribution in [1.29, 1.82) is 0 Å². The Balaban J connectivity index is 2.15. The van der Waals surface area contributed by atoms with Gasteiger partial charge in [0.05, 0.1) is 20.5 Å². The van der Waals surface area contributed by atoms with E-state index in [2.05, 4.69) is 39.3 Å². The van der Waals surface area contributed by atoms with E-state index in [0.717, 1.165) is 20.9 Å². The Labute approximate surface area is 117 Å². The lowest BCUT2D eigenvalue weighted by molar-refractivity contribution is 0.559. The summed E-state index contributed by atoms with van der Waals surface area (Å²) in [4.78, 5) is 7.05. The van der Waals surface area contributed by atoms with E-state index in [1.807, 2.05) is 13.0 Å². The van der Waals surface area contributed by atoms with Gasteiger partial charge in [0.15, 0.2) is 0 Å². The fraction of sp³-hybridized carbons (Fsp3) is 0.364. The lowest BCUT2D eigenvalue weighted by atomic mass is 10.2. The zero-order chi connectivity index (χ0) is 12.4. The van der Waals surface area contributed by atoms with Gasteiger partial charge in [-0.2, -0.15) is 0 Å². The first kappa shape index (κ1) is 13.2. The number of aromatic nitrogens is 1. The van der Waals surface area contributed by atoms with E-state index in [9.17, 15) is 0 Å². The molecule has 2 aromatic heterocycles. The molecule has 92 valence electrons. The smallest absolute Gasteiger partial charge is 0.0950 e. The normalized spacial score (nSPS) is 12.9. The molecule has 6 heteroatoms. The number of thiophene rings is 1. The summed E-state index contributed by atoms with van der Waals surface area (Å²) < 4.78 is 1.12. The molecule has 1 unspecified atom stereocenters. The van der Waals surface area contributed by atoms with Crippen molar-refractivity contribution in [3.63, 3.8) is 0 Å². The molecule has 3 nitrogen and oxygen atoms in total. The largest absolute Gasteiger partial charge is 0.271 e. The Morgan fingerprint density at radius 3 is 2.65 bits per heavy atom. The van der Waals surface area contributed by atoms with Gasteiger partial charge in [0.25, 0.3) is 0 Å². The van der Waals surface area contributed by atoms with Crippen LogP contribution in [0.2, 0.25) is 0 Å². The standard InChI is InChI=1S/C11H14BrN3S2/c1-6-7(2)16-11(14-6)5-8(15-13)9-3-4-10(12)17-9/h3-4,8,15H,5,13H2,1-2H3. The highest BCUT2D eigenvalue weighted by atomic mass is 79.9. The molecule has 0 aliphatic carbocycles. The molecular weight excluding hydrogens is 318 g/mol. The maximum atomic E-state index is 5.62. The Kier molecular flexibility index (Phi) is 4.32. The van der Waals surface area contributed by atoms with Crippen LogP contribution in [0.4, 0.5) is 0 Å². The van der Waals surface area contributed by atoms with Gasteiger partial charge in [0, 0.05) is 16.2 Å². The first-order chi connectivity index (χ1) is 8.10. The molecule has 0 saturated carbocycles. The molecule has 0 saturated heterocycles. The quantitative estimate of drug-likeness (QED) is 0.667. The molecule has 0 spiro atoms. The minimum absolute atomic E-state index is 0.135. The third-order valence-corrected chi connectivity index (χ3v) is 5.42. The summed E-state index contributed by atoms with van der Waals surface area (Å²) in [6.07, 6.45) is 0.836. The van der Waals surface area contributed by atoms with Crippen molar-refractivity contribution in [2.45, 2.75) is 26.3 Å². The summed E-state index contributed by atoms with van der Waals surface area (Å²) in [6, 6.07) is 4.27. The van der Waals surface area contributed by atoms with Gasteiger partial charge in [0.2, 0.25) is 0 Å². The topological polar surface area (TPSA) is 50.9 Å². The van der Waals surface area contributed by atoms with E-state index >= 15 is 0 Å². The summed E-state index contributed by atoms with van der Waals surface area (Å²) in [5.41, 5.74) is 3.98. The van der Waals surface area contributed by atoms with Crippen LogP contribution >= 0.6 is 38.6 Å². The van der Waals surface area contributed by atoms with Gasteiger partial charge in [-0.1, -0.05) is 0 Å². The predicted molar refractivity (Wildman–Crippen MR) is 77.4 cm³/mol. The van der Waals surface area contributed by atoms with Gasteiger partial charge in [-0.15, -0.1) is 22.7 Å². The SMILES string of the molecule is Cc1nc(CC(NN)c2ccc(Br)s2)sc1C. The number of hydrazine groups is 1. The van der Waals surface area contributed by atoms with Crippen LogP contribution < -0.4 is 11.3 Å². The van der Waals surface area contributed by atoms with Crippen molar-refractivity contribution in [3.05, 3.63) is 36.4 Å². The first-order valence-corrected chi connectivity index (χ1v) is 7.67. The average molecular weight is 332 g/mol. The van der Waals surface area contributed by atoms with Crippen LogP contribution in [0.5, 0.6) is 0 Å². The van der Waals surface area contributed by atoms with Crippen molar-refractivity contribution in [2.75, 3.05) is 0 Å². The van der Waals surface area contributed by atoms with Crippen molar-refractivity contribution >= 4 is 38.6 Å².